The molecule has 2 N–H and O–H groups in total. The molecule has 1 amide bonds. The van der Waals surface area contributed by atoms with Gasteiger partial charge in [-0.2, -0.15) is 0 Å². The number of nitrogens with zero attached hydrogens (tertiary/aromatic N) is 2. The number of rotatable bonds is 4. The second-order valence-corrected chi connectivity index (χ2v) is 9.64. The molecule has 2 aliphatic carbocycles. The summed E-state index contributed by atoms with van der Waals surface area (Å²) in [5.41, 5.74) is 0.729. The summed E-state index contributed by atoms with van der Waals surface area (Å²) in [6, 6.07) is 9.30. The van der Waals surface area contributed by atoms with Crippen LogP contribution in [-0.2, 0) is 21.4 Å². The second-order valence-electron chi connectivity index (χ2n) is 9.64. The summed E-state index contributed by atoms with van der Waals surface area (Å²) < 4.78 is 6.13. The summed E-state index contributed by atoms with van der Waals surface area (Å²) in [5, 5.41) is 24.7. The van der Waals surface area contributed by atoms with E-state index < -0.39 is 22.0 Å². The van der Waals surface area contributed by atoms with Crippen LogP contribution in [0, 0.1) is 10.1 Å². The van der Waals surface area contributed by atoms with Gasteiger partial charge in [-0.15, -0.1) is 0 Å². The molecule has 0 saturated carbocycles. The number of phenolic OH excluding ortho intramolecular Hbond substituents is 1. The molecule has 1 saturated heterocycles. The van der Waals surface area contributed by atoms with Gasteiger partial charge >= 0.3 is 0 Å². The molecule has 2 aromatic rings. The van der Waals surface area contributed by atoms with Crippen LogP contribution in [0.15, 0.2) is 54.6 Å². The van der Waals surface area contributed by atoms with E-state index in [1.165, 1.54) is 24.3 Å². The van der Waals surface area contributed by atoms with Crippen molar-refractivity contribution < 1.29 is 24.4 Å². The van der Waals surface area contributed by atoms with Crippen molar-refractivity contribution in [1.82, 2.24) is 10.2 Å². The molecule has 1 spiro atoms. The van der Waals surface area contributed by atoms with E-state index in [4.69, 9.17) is 4.74 Å². The number of hydrogen-bond donors (Lipinski definition) is 2. The number of piperidine rings is 1. The predicted octanol–water partition coefficient (Wildman–Crippen LogP) is 2.27. The van der Waals surface area contributed by atoms with Crippen molar-refractivity contribution in [2.75, 3.05) is 13.6 Å². The molecule has 9 heteroatoms. The van der Waals surface area contributed by atoms with Crippen molar-refractivity contribution in [2.24, 2.45) is 0 Å². The number of amides is 1. The number of carbonyl (C=O) groups is 2. The van der Waals surface area contributed by atoms with Gasteiger partial charge in [-0.25, -0.2) is 0 Å². The summed E-state index contributed by atoms with van der Waals surface area (Å²) in [6.45, 7) is 0.719. The maximum Gasteiger partial charge on any atom is 0.269 e. The molecule has 4 aliphatic rings. The first-order chi connectivity index (χ1) is 16.8. The lowest BCUT2D eigenvalue weighted by molar-refractivity contribution is -0.384. The zero-order chi connectivity index (χ0) is 24.5. The van der Waals surface area contributed by atoms with Gasteiger partial charge in [0.2, 0.25) is 5.91 Å². The lowest BCUT2D eigenvalue weighted by Crippen LogP contribution is -2.80. The van der Waals surface area contributed by atoms with Crippen LogP contribution in [-0.4, -0.2) is 57.9 Å². The van der Waals surface area contributed by atoms with E-state index in [9.17, 15) is 24.8 Å². The maximum atomic E-state index is 13.3. The summed E-state index contributed by atoms with van der Waals surface area (Å²) in [7, 11) is 2.01. The molecule has 0 radical (unpaired) electrons. The Labute approximate surface area is 200 Å². The number of nitrogens with one attached hydrogen (secondary N) is 1. The molecule has 2 aliphatic heterocycles. The molecule has 2 aromatic carbocycles. The Morgan fingerprint density at radius 2 is 2.06 bits per heavy atom. The first kappa shape index (κ1) is 21.5. The van der Waals surface area contributed by atoms with Crippen LogP contribution in [0.5, 0.6) is 11.5 Å². The van der Waals surface area contributed by atoms with Crippen LogP contribution in [0.2, 0.25) is 0 Å². The summed E-state index contributed by atoms with van der Waals surface area (Å²) in [6.07, 6.45) is 6.68. The minimum Gasteiger partial charge on any atom is -0.504 e. The predicted molar refractivity (Wildman–Crippen MR) is 126 cm³/mol. The Morgan fingerprint density at radius 3 is 2.80 bits per heavy atom. The number of nitro benzene ring substituents is 1. The normalized spacial score (nSPS) is 30.1. The fourth-order valence-electron chi connectivity index (χ4n) is 6.53. The Bertz CT molecular complexity index is 1350. The average molecular weight is 473 g/mol. The summed E-state index contributed by atoms with van der Waals surface area (Å²) in [4.78, 5) is 39.0. The topological polar surface area (TPSA) is 122 Å². The molecule has 9 nitrogen and oxygen atoms in total. The summed E-state index contributed by atoms with van der Waals surface area (Å²) >= 11 is 0. The van der Waals surface area contributed by atoms with Gasteiger partial charge in [0.25, 0.3) is 5.69 Å². The molecular weight excluding hydrogens is 450 g/mol. The van der Waals surface area contributed by atoms with E-state index in [1.807, 2.05) is 19.2 Å². The highest BCUT2D eigenvalue weighted by Gasteiger charge is 2.72. The number of likely N-dealkylation sites (tertiary alicyclic amines) is 1. The number of ketones is 1. The fraction of sp³-hybridized carbons (Fsp3) is 0.308. The van der Waals surface area contributed by atoms with Crippen LogP contribution in [0.1, 0.15) is 23.1 Å². The zero-order valence-corrected chi connectivity index (χ0v) is 18.9. The third-order valence-electron chi connectivity index (χ3n) is 8.05. The molecule has 2 bridgehead atoms. The number of ether oxygens (including phenoxy) is 1. The van der Waals surface area contributed by atoms with E-state index in [0.29, 0.717) is 24.2 Å². The molecule has 0 aromatic heterocycles. The summed E-state index contributed by atoms with van der Waals surface area (Å²) in [5.74, 6) is -0.190. The molecule has 2 heterocycles. The lowest BCUT2D eigenvalue weighted by Gasteiger charge is -2.62. The minimum atomic E-state index is -0.915. The van der Waals surface area contributed by atoms with Crippen molar-refractivity contribution in [2.45, 2.75) is 35.9 Å². The van der Waals surface area contributed by atoms with E-state index >= 15 is 0 Å². The highest BCUT2D eigenvalue weighted by Crippen LogP contribution is 2.63. The first-order valence-corrected chi connectivity index (χ1v) is 11.5. The van der Waals surface area contributed by atoms with Crippen LogP contribution in [0.4, 0.5) is 5.69 Å². The van der Waals surface area contributed by atoms with E-state index in [-0.39, 0.29) is 29.2 Å². The van der Waals surface area contributed by atoms with Gasteiger partial charge < -0.3 is 20.1 Å². The van der Waals surface area contributed by atoms with Crippen molar-refractivity contribution in [3.63, 3.8) is 0 Å². The number of likely N-dealkylation sites (N-methyl/N-ethyl adjacent to an activating group) is 1. The monoisotopic (exact) mass is 473 g/mol. The fourth-order valence-corrected chi connectivity index (χ4v) is 6.53. The van der Waals surface area contributed by atoms with Crippen molar-refractivity contribution in [3.8, 4) is 11.5 Å². The van der Waals surface area contributed by atoms with E-state index in [0.717, 1.165) is 17.7 Å². The first-order valence-electron chi connectivity index (χ1n) is 11.5. The number of non-ortho nitro benzene ring substituents is 1. The number of carbonyl (C=O) groups excluding carboxylic acids is 2. The van der Waals surface area contributed by atoms with Crippen LogP contribution in [0.3, 0.4) is 0 Å². The third kappa shape index (κ3) is 2.78. The smallest absolute Gasteiger partial charge is 0.269 e. The Kier molecular flexibility index (Phi) is 4.47. The SMILES string of the molecule is CN1CCC23c4c5ccc(O)c4O[C@H]2C(=O)C=C[C@@]3(NC(=O)/C=C/c2ccc([N+](=O)[O-])cc2)C1C5. The van der Waals surface area contributed by atoms with E-state index in [1.54, 1.807) is 24.3 Å². The van der Waals surface area contributed by atoms with Gasteiger partial charge in [0, 0.05) is 29.8 Å². The number of phenols is 1. The van der Waals surface area contributed by atoms with Crippen molar-refractivity contribution in [3.05, 3.63) is 81.4 Å². The van der Waals surface area contributed by atoms with Crippen LogP contribution < -0.4 is 10.1 Å². The highest BCUT2D eigenvalue weighted by atomic mass is 16.6. The Morgan fingerprint density at radius 1 is 1.29 bits per heavy atom. The molecule has 35 heavy (non-hydrogen) atoms. The molecular formula is C26H23N3O6. The van der Waals surface area contributed by atoms with Gasteiger partial charge in [-0.05, 0) is 67.9 Å². The Hall–Kier alpha value is -3.98. The van der Waals surface area contributed by atoms with Gasteiger partial charge in [-0.1, -0.05) is 12.1 Å². The molecule has 6 rings (SSSR count). The van der Waals surface area contributed by atoms with Gasteiger partial charge in [-0.3, -0.25) is 19.7 Å². The van der Waals surface area contributed by atoms with E-state index in [2.05, 4.69) is 10.2 Å². The van der Waals surface area contributed by atoms with Gasteiger partial charge in [0.1, 0.15) is 0 Å². The molecule has 2 unspecified atom stereocenters. The standard InChI is InChI=1S/C26H23N3O6/c1-28-13-12-25-22-16-5-8-18(30)23(22)35-24(25)19(31)10-11-26(25,20(28)14-16)27-21(32)9-4-15-2-6-17(7-3-15)29(33)34/h2-11,20,24,30H,12-14H2,1H3,(H,27,32)/b9-4+/t20?,24-,25?,26+/m0/s1. The van der Waals surface area contributed by atoms with Crippen LogP contribution >= 0.6 is 0 Å². The Balaban J connectivity index is 1.42. The van der Waals surface area contributed by atoms with Gasteiger partial charge in [0.05, 0.1) is 15.9 Å². The van der Waals surface area contributed by atoms with Crippen LogP contribution in [0.25, 0.3) is 6.08 Å². The van der Waals surface area contributed by atoms with Crippen molar-refractivity contribution in [1.29, 1.82) is 0 Å². The zero-order valence-electron chi connectivity index (χ0n) is 18.9. The number of benzene rings is 2. The number of hydrogen-bond acceptors (Lipinski definition) is 7. The van der Waals surface area contributed by atoms with Crippen molar-refractivity contribution >= 4 is 23.5 Å². The molecule has 4 atom stereocenters. The maximum absolute atomic E-state index is 13.3. The highest BCUT2D eigenvalue weighted by molar-refractivity contribution is 6.00. The largest absolute Gasteiger partial charge is 0.504 e. The quantitative estimate of drug-likeness (QED) is 0.397. The molecule has 1 fully saturated rings. The number of nitro groups is 1. The number of aromatic hydroxyl groups is 1. The lowest BCUT2D eigenvalue weighted by atomic mass is 9.49. The minimum absolute atomic E-state index is 0.00371. The molecule has 178 valence electrons. The average Bonchev–Trinajstić information content (AvgIpc) is 3.20. The second kappa shape index (κ2) is 7.26. The van der Waals surface area contributed by atoms with Gasteiger partial charge in [0.15, 0.2) is 23.4 Å². The third-order valence-corrected chi connectivity index (χ3v) is 8.05.